The number of hydrogen-bond acceptors (Lipinski definition) is 9. The standard InChI is InChI=1S/C25H30N6O4S/c32-36(33,20-4-5-20)30-18-3-6-21-22(16-18)31-12-8-19(9-13-31)34-14-2-1-10-26-23-15-17(7-11-27-23)24-28-29-25(21)35-24/h3,6-7,11,15-16,19-20,30H,1-2,4-5,8-10,12-14H2,(H,26,27). The lowest BCUT2D eigenvalue weighted by Crippen LogP contribution is -2.37. The van der Waals surface area contributed by atoms with Gasteiger partial charge in [0.2, 0.25) is 21.8 Å². The van der Waals surface area contributed by atoms with Crippen LogP contribution in [0.25, 0.3) is 22.9 Å². The van der Waals surface area contributed by atoms with Gasteiger partial charge in [-0.25, -0.2) is 13.4 Å². The van der Waals surface area contributed by atoms with Crippen LogP contribution < -0.4 is 14.9 Å². The van der Waals surface area contributed by atoms with Gasteiger partial charge in [-0.2, -0.15) is 0 Å². The van der Waals surface area contributed by atoms with Crippen LogP contribution in [0.1, 0.15) is 38.5 Å². The zero-order valence-electron chi connectivity index (χ0n) is 20.0. The van der Waals surface area contributed by atoms with Crippen molar-refractivity contribution in [3.8, 4) is 22.9 Å². The summed E-state index contributed by atoms with van der Waals surface area (Å²) in [5, 5.41) is 11.7. The lowest BCUT2D eigenvalue weighted by molar-refractivity contribution is 0.0353. The molecule has 1 saturated heterocycles. The van der Waals surface area contributed by atoms with Gasteiger partial charge in [0.05, 0.1) is 28.3 Å². The Bertz CT molecular complexity index is 1330. The number of rotatable bonds is 3. The Balaban J connectivity index is 1.37. The van der Waals surface area contributed by atoms with E-state index in [1.165, 1.54) is 0 Å². The van der Waals surface area contributed by atoms with Crippen LogP contribution in [-0.4, -0.2) is 61.2 Å². The Kier molecular flexibility index (Phi) is 6.26. The van der Waals surface area contributed by atoms with E-state index < -0.39 is 10.0 Å². The number of ether oxygens (including phenoxy) is 1. The van der Waals surface area contributed by atoms with Gasteiger partial charge in [-0.1, -0.05) is 0 Å². The van der Waals surface area contributed by atoms with Crippen molar-refractivity contribution in [2.75, 3.05) is 41.2 Å². The molecule has 0 unspecified atom stereocenters. The maximum atomic E-state index is 12.6. The Hall–Kier alpha value is -3.18. The van der Waals surface area contributed by atoms with Crippen molar-refractivity contribution in [2.45, 2.75) is 49.9 Å². The van der Waals surface area contributed by atoms with Gasteiger partial charge in [0.15, 0.2) is 0 Å². The molecule has 2 aromatic heterocycles. The number of anilines is 3. The second-order valence-corrected chi connectivity index (χ2v) is 11.6. The molecule has 2 N–H and O–H groups in total. The summed E-state index contributed by atoms with van der Waals surface area (Å²) in [6.07, 6.45) is 7.14. The Morgan fingerprint density at radius 3 is 2.67 bits per heavy atom. The van der Waals surface area contributed by atoms with Crippen molar-refractivity contribution in [1.29, 1.82) is 0 Å². The zero-order valence-corrected chi connectivity index (χ0v) is 20.8. The fourth-order valence-electron chi connectivity index (χ4n) is 4.73. The fourth-order valence-corrected chi connectivity index (χ4v) is 6.11. The molecule has 0 spiro atoms. The molecule has 5 heterocycles. The summed E-state index contributed by atoms with van der Waals surface area (Å²) in [4.78, 5) is 6.65. The molecule has 0 radical (unpaired) electrons. The summed E-state index contributed by atoms with van der Waals surface area (Å²) in [5.41, 5.74) is 2.98. The van der Waals surface area contributed by atoms with E-state index in [4.69, 9.17) is 9.15 Å². The minimum atomic E-state index is -3.37. The van der Waals surface area contributed by atoms with E-state index in [0.29, 0.717) is 30.3 Å². The maximum Gasteiger partial charge on any atom is 0.250 e. The summed E-state index contributed by atoms with van der Waals surface area (Å²) in [6, 6.07) is 9.25. The number of nitrogens with one attached hydrogen (secondary N) is 2. The van der Waals surface area contributed by atoms with Crippen molar-refractivity contribution < 1.29 is 17.6 Å². The fraction of sp³-hybridized carbons (Fsp3) is 0.480. The second kappa shape index (κ2) is 9.70. The van der Waals surface area contributed by atoms with Crippen LogP contribution in [0.4, 0.5) is 17.2 Å². The highest BCUT2D eigenvalue weighted by Gasteiger charge is 2.36. The molecular formula is C25H30N6O4S. The van der Waals surface area contributed by atoms with E-state index in [2.05, 4.69) is 30.1 Å². The minimum absolute atomic E-state index is 0.224. The molecule has 2 fully saturated rings. The quantitative estimate of drug-likeness (QED) is 0.540. The molecule has 3 aliphatic heterocycles. The number of fused-ring (bicyclic) bond motifs is 7. The Morgan fingerprint density at radius 1 is 1.00 bits per heavy atom. The molecular weight excluding hydrogens is 480 g/mol. The van der Waals surface area contributed by atoms with Gasteiger partial charge in [0.25, 0.3) is 0 Å². The Labute approximate surface area is 210 Å². The predicted molar refractivity (Wildman–Crippen MR) is 137 cm³/mol. The van der Waals surface area contributed by atoms with Crippen LogP contribution in [0, 0.1) is 0 Å². The summed E-state index contributed by atoms with van der Waals surface area (Å²) in [6.45, 7) is 3.15. The topological polar surface area (TPSA) is 122 Å². The zero-order chi connectivity index (χ0) is 24.5. The molecule has 6 bridgehead atoms. The van der Waals surface area contributed by atoms with Crippen molar-refractivity contribution in [3.63, 3.8) is 0 Å². The van der Waals surface area contributed by atoms with Crippen LogP contribution in [-0.2, 0) is 14.8 Å². The summed E-state index contributed by atoms with van der Waals surface area (Å²) in [5.74, 6) is 1.56. The van der Waals surface area contributed by atoms with Gasteiger partial charge in [-0.15, -0.1) is 10.2 Å². The molecule has 7 rings (SSSR count). The number of sulfonamides is 1. The van der Waals surface area contributed by atoms with E-state index >= 15 is 0 Å². The number of benzene rings is 1. The van der Waals surface area contributed by atoms with E-state index in [0.717, 1.165) is 74.6 Å². The smallest absolute Gasteiger partial charge is 0.250 e. The lowest BCUT2D eigenvalue weighted by atomic mass is 10.0. The van der Waals surface area contributed by atoms with Crippen LogP contribution in [0.2, 0.25) is 0 Å². The first kappa shape index (κ1) is 23.2. The molecule has 11 heteroatoms. The molecule has 1 aliphatic carbocycles. The highest BCUT2D eigenvalue weighted by molar-refractivity contribution is 7.93. The van der Waals surface area contributed by atoms with E-state index in [1.807, 2.05) is 24.3 Å². The van der Waals surface area contributed by atoms with E-state index in [9.17, 15) is 8.42 Å². The van der Waals surface area contributed by atoms with Gasteiger partial charge in [-0.3, -0.25) is 4.72 Å². The lowest BCUT2D eigenvalue weighted by Gasteiger charge is -2.34. The van der Waals surface area contributed by atoms with Gasteiger partial charge < -0.3 is 19.4 Å². The minimum Gasteiger partial charge on any atom is -0.416 e. The molecule has 4 aliphatic rings. The highest BCUT2D eigenvalue weighted by Crippen LogP contribution is 2.37. The summed E-state index contributed by atoms with van der Waals surface area (Å²) in [7, 11) is -3.37. The maximum absolute atomic E-state index is 12.6. The van der Waals surface area contributed by atoms with Crippen molar-refractivity contribution in [3.05, 3.63) is 36.5 Å². The van der Waals surface area contributed by atoms with Gasteiger partial charge in [-0.05, 0) is 68.9 Å². The molecule has 0 atom stereocenters. The summed E-state index contributed by atoms with van der Waals surface area (Å²) >= 11 is 0. The SMILES string of the molecule is O=S(=O)(Nc1ccc2c(c1)N1CCC(CC1)OCCCCNc1cc(ccn1)-c1nnc-2o1)C1CC1. The molecule has 0 amide bonds. The van der Waals surface area contributed by atoms with Crippen LogP contribution in [0.5, 0.6) is 0 Å². The van der Waals surface area contributed by atoms with Crippen molar-refractivity contribution >= 4 is 27.2 Å². The largest absolute Gasteiger partial charge is 0.416 e. The molecule has 10 nitrogen and oxygen atoms in total. The van der Waals surface area contributed by atoms with Crippen LogP contribution in [0.3, 0.4) is 0 Å². The van der Waals surface area contributed by atoms with Crippen molar-refractivity contribution in [2.24, 2.45) is 0 Å². The van der Waals surface area contributed by atoms with E-state index in [-0.39, 0.29) is 11.4 Å². The average Bonchev–Trinajstić information content (AvgIpc) is 3.65. The second-order valence-electron chi connectivity index (χ2n) is 9.61. The number of aromatic nitrogens is 3. The predicted octanol–water partition coefficient (Wildman–Crippen LogP) is 3.89. The number of piperidine rings is 1. The van der Waals surface area contributed by atoms with Crippen LogP contribution in [0.15, 0.2) is 40.9 Å². The number of nitrogens with zero attached hydrogens (tertiary/aromatic N) is 4. The average molecular weight is 511 g/mol. The molecule has 1 aromatic carbocycles. The third-order valence-corrected chi connectivity index (χ3v) is 8.77. The first-order chi connectivity index (χ1) is 17.5. The monoisotopic (exact) mass is 510 g/mol. The Morgan fingerprint density at radius 2 is 1.83 bits per heavy atom. The van der Waals surface area contributed by atoms with Crippen molar-refractivity contribution in [1.82, 2.24) is 15.2 Å². The molecule has 3 aromatic rings. The normalized spacial score (nSPS) is 19.2. The third kappa shape index (κ3) is 5.03. The van der Waals surface area contributed by atoms with Gasteiger partial charge in [0, 0.05) is 38.0 Å². The number of hydrogen-bond donors (Lipinski definition) is 2. The molecule has 190 valence electrons. The number of pyridine rings is 1. The first-order valence-electron chi connectivity index (χ1n) is 12.6. The molecule has 1 saturated carbocycles. The van der Waals surface area contributed by atoms with Gasteiger partial charge in [0.1, 0.15) is 5.82 Å². The third-order valence-electron chi connectivity index (χ3n) is 6.90. The summed E-state index contributed by atoms with van der Waals surface area (Å²) < 4.78 is 40.2. The van der Waals surface area contributed by atoms with E-state index in [1.54, 1.807) is 12.3 Å². The van der Waals surface area contributed by atoms with Gasteiger partial charge >= 0.3 is 0 Å². The van der Waals surface area contributed by atoms with Crippen LogP contribution >= 0.6 is 0 Å². The highest BCUT2D eigenvalue weighted by atomic mass is 32.2. The molecule has 36 heavy (non-hydrogen) atoms. The first-order valence-corrected chi connectivity index (χ1v) is 14.2.